The zero-order valence-corrected chi connectivity index (χ0v) is 21.6. The highest BCUT2D eigenvalue weighted by Gasteiger charge is 2.48. The van der Waals surface area contributed by atoms with Gasteiger partial charge in [0.25, 0.3) is 5.78 Å². The van der Waals surface area contributed by atoms with Gasteiger partial charge in [0.15, 0.2) is 5.13 Å². The molecule has 176 valence electrons. The van der Waals surface area contributed by atoms with Crippen LogP contribution in [0.5, 0.6) is 5.75 Å². The number of ether oxygens (including phenoxy) is 1. The Balaban J connectivity index is 1.74. The average Bonchev–Trinajstić information content (AvgIpc) is 3.38. The van der Waals surface area contributed by atoms with Crippen LogP contribution in [0, 0.1) is 13.8 Å². The molecular weight excluding hydrogens is 528 g/mol. The Morgan fingerprint density at radius 2 is 1.83 bits per heavy atom. The number of nitrogens with zero attached hydrogens (tertiary/aromatic N) is 2. The smallest absolute Gasteiger partial charge is 0.301 e. The molecule has 8 heteroatoms. The monoisotopic (exact) mass is 548 g/mol. The lowest BCUT2D eigenvalue weighted by molar-refractivity contribution is -0.132. The molecule has 3 aromatic carbocycles. The van der Waals surface area contributed by atoms with Gasteiger partial charge in [0.05, 0.1) is 28.9 Å². The standard InChI is InChI=1S/C27H21BrN2O4S/c1-14-11-15(2)22-20(12-14)35-27(29-22)30-23(16-7-9-18(28)10-8-16)21(25(32)26(30)33)24(31)17-5-4-6-19(13-17)34-3/h4-13,23,31H,1-3H3/b24-21+/t23-/m0/s1. The number of aliphatic hydroxyl groups is 1. The molecule has 0 saturated carbocycles. The maximum Gasteiger partial charge on any atom is 0.301 e. The fraction of sp³-hybridized carbons (Fsp3) is 0.148. The number of aryl methyl sites for hydroxylation is 2. The van der Waals surface area contributed by atoms with Crippen molar-refractivity contribution in [3.63, 3.8) is 0 Å². The first kappa shape index (κ1) is 23.3. The molecule has 0 unspecified atom stereocenters. The fourth-order valence-electron chi connectivity index (χ4n) is 4.38. The molecule has 1 aromatic heterocycles. The Bertz CT molecular complexity index is 1520. The van der Waals surface area contributed by atoms with Crippen molar-refractivity contribution in [1.82, 2.24) is 4.98 Å². The molecule has 0 radical (unpaired) electrons. The SMILES string of the molecule is COc1cccc(/C(O)=C2\C(=O)C(=O)N(c3nc4c(C)cc(C)cc4s3)[C@H]2c2ccc(Br)cc2)c1. The van der Waals surface area contributed by atoms with E-state index in [1.165, 1.54) is 23.3 Å². The first-order chi connectivity index (χ1) is 16.8. The Labute approximate surface area is 214 Å². The van der Waals surface area contributed by atoms with Crippen LogP contribution in [-0.2, 0) is 9.59 Å². The molecule has 1 saturated heterocycles. The van der Waals surface area contributed by atoms with Gasteiger partial charge in [-0.15, -0.1) is 0 Å². The van der Waals surface area contributed by atoms with Gasteiger partial charge in [-0.25, -0.2) is 4.98 Å². The number of hydrogen-bond acceptors (Lipinski definition) is 6. The summed E-state index contributed by atoms with van der Waals surface area (Å²) in [6.07, 6.45) is 0. The molecule has 5 rings (SSSR count). The Hall–Kier alpha value is -3.49. The largest absolute Gasteiger partial charge is 0.507 e. The third-order valence-electron chi connectivity index (χ3n) is 6.00. The van der Waals surface area contributed by atoms with Gasteiger partial charge in [-0.2, -0.15) is 0 Å². The van der Waals surface area contributed by atoms with E-state index in [9.17, 15) is 14.7 Å². The van der Waals surface area contributed by atoms with E-state index in [1.54, 1.807) is 24.3 Å². The molecule has 4 aromatic rings. The summed E-state index contributed by atoms with van der Waals surface area (Å²) in [5, 5.41) is 11.7. The number of carbonyl (C=O) groups is 2. The average molecular weight is 549 g/mol. The van der Waals surface area contributed by atoms with Crippen LogP contribution in [0.25, 0.3) is 16.0 Å². The highest BCUT2D eigenvalue weighted by molar-refractivity contribution is 9.10. The summed E-state index contributed by atoms with van der Waals surface area (Å²) in [5.41, 5.74) is 3.97. The quantitative estimate of drug-likeness (QED) is 0.183. The van der Waals surface area contributed by atoms with Crippen LogP contribution in [0.2, 0.25) is 0 Å². The van der Waals surface area contributed by atoms with Gasteiger partial charge in [-0.3, -0.25) is 14.5 Å². The van der Waals surface area contributed by atoms with Crippen LogP contribution >= 0.6 is 27.3 Å². The normalized spacial score (nSPS) is 17.4. The van der Waals surface area contributed by atoms with E-state index in [1.807, 2.05) is 50.2 Å². The van der Waals surface area contributed by atoms with Crippen LogP contribution in [0.1, 0.15) is 28.3 Å². The second-order valence-electron chi connectivity index (χ2n) is 8.38. The maximum absolute atomic E-state index is 13.4. The minimum absolute atomic E-state index is 0.0118. The van der Waals surface area contributed by atoms with Crippen molar-refractivity contribution in [2.75, 3.05) is 12.0 Å². The van der Waals surface area contributed by atoms with Crippen molar-refractivity contribution in [3.8, 4) is 5.75 Å². The molecule has 1 N–H and O–H groups in total. The molecule has 1 aliphatic rings. The maximum atomic E-state index is 13.4. The number of rotatable bonds is 4. The number of ketones is 1. The molecule has 35 heavy (non-hydrogen) atoms. The number of thiazole rings is 1. The number of aliphatic hydroxyl groups excluding tert-OH is 1. The predicted octanol–water partition coefficient (Wildman–Crippen LogP) is 6.31. The molecule has 1 fully saturated rings. The van der Waals surface area contributed by atoms with Gasteiger partial charge in [-0.05, 0) is 60.9 Å². The van der Waals surface area contributed by atoms with E-state index < -0.39 is 17.7 Å². The summed E-state index contributed by atoms with van der Waals surface area (Å²) in [4.78, 5) is 32.9. The van der Waals surface area contributed by atoms with Gasteiger partial charge in [0.1, 0.15) is 11.5 Å². The van der Waals surface area contributed by atoms with Gasteiger partial charge in [0, 0.05) is 10.0 Å². The first-order valence-electron chi connectivity index (χ1n) is 10.9. The van der Waals surface area contributed by atoms with Gasteiger partial charge in [-0.1, -0.05) is 57.6 Å². The third-order valence-corrected chi connectivity index (χ3v) is 7.53. The Morgan fingerprint density at radius 3 is 2.54 bits per heavy atom. The fourth-order valence-corrected chi connectivity index (χ4v) is 5.81. The predicted molar refractivity (Wildman–Crippen MR) is 141 cm³/mol. The molecular formula is C27H21BrN2O4S. The highest BCUT2D eigenvalue weighted by atomic mass is 79.9. The van der Waals surface area contributed by atoms with E-state index >= 15 is 0 Å². The van der Waals surface area contributed by atoms with Gasteiger partial charge < -0.3 is 9.84 Å². The summed E-state index contributed by atoms with van der Waals surface area (Å²) in [5.74, 6) is -1.22. The Morgan fingerprint density at radius 1 is 1.09 bits per heavy atom. The van der Waals surface area contributed by atoms with Gasteiger partial charge in [0.2, 0.25) is 0 Å². The number of halogens is 1. The number of amides is 1. The van der Waals surface area contributed by atoms with E-state index in [0.29, 0.717) is 22.0 Å². The van der Waals surface area contributed by atoms with Crippen molar-refractivity contribution in [2.24, 2.45) is 0 Å². The third kappa shape index (κ3) is 4.02. The molecule has 1 amide bonds. The number of fused-ring (bicyclic) bond motifs is 1. The zero-order chi connectivity index (χ0) is 24.9. The van der Waals surface area contributed by atoms with E-state index in [-0.39, 0.29) is 11.3 Å². The molecule has 0 bridgehead atoms. The van der Waals surface area contributed by atoms with Crippen molar-refractivity contribution >= 4 is 60.1 Å². The second-order valence-corrected chi connectivity index (χ2v) is 10.3. The van der Waals surface area contributed by atoms with Crippen molar-refractivity contribution in [2.45, 2.75) is 19.9 Å². The minimum atomic E-state index is -0.837. The summed E-state index contributed by atoms with van der Waals surface area (Å²) in [6.45, 7) is 3.98. The number of benzene rings is 3. The molecule has 0 spiro atoms. The van der Waals surface area contributed by atoms with Gasteiger partial charge >= 0.3 is 5.91 Å². The summed E-state index contributed by atoms with van der Waals surface area (Å²) in [7, 11) is 1.52. The summed E-state index contributed by atoms with van der Waals surface area (Å²) < 4.78 is 7.07. The highest BCUT2D eigenvalue weighted by Crippen LogP contribution is 2.45. The molecule has 6 nitrogen and oxygen atoms in total. The molecule has 1 aliphatic heterocycles. The first-order valence-corrected chi connectivity index (χ1v) is 12.5. The van der Waals surface area contributed by atoms with Crippen LogP contribution in [-0.4, -0.2) is 28.9 Å². The van der Waals surface area contributed by atoms with Crippen LogP contribution in [0.4, 0.5) is 5.13 Å². The number of methoxy groups -OCH3 is 1. The molecule has 0 aliphatic carbocycles. The lowest BCUT2D eigenvalue weighted by Crippen LogP contribution is -2.29. The van der Waals surface area contributed by atoms with Crippen molar-refractivity contribution in [1.29, 1.82) is 0 Å². The van der Waals surface area contributed by atoms with Crippen LogP contribution in [0.15, 0.2) is 70.7 Å². The van der Waals surface area contributed by atoms with E-state index in [2.05, 4.69) is 15.9 Å². The summed E-state index contributed by atoms with van der Waals surface area (Å²) in [6, 6.07) is 17.3. The molecule has 1 atom stereocenters. The number of anilines is 1. The molecule has 2 heterocycles. The topological polar surface area (TPSA) is 79.7 Å². The number of aromatic nitrogens is 1. The number of carbonyl (C=O) groups excluding carboxylic acids is 2. The zero-order valence-electron chi connectivity index (χ0n) is 19.2. The summed E-state index contributed by atoms with van der Waals surface area (Å²) >= 11 is 4.79. The Kier molecular flexibility index (Phi) is 5.94. The minimum Gasteiger partial charge on any atom is -0.507 e. The van der Waals surface area contributed by atoms with E-state index in [4.69, 9.17) is 9.72 Å². The van der Waals surface area contributed by atoms with Crippen LogP contribution < -0.4 is 9.64 Å². The second kappa shape index (κ2) is 8.94. The van der Waals surface area contributed by atoms with Crippen molar-refractivity contribution in [3.05, 3.63) is 93.0 Å². The number of hydrogen-bond donors (Lipinski definition) is 1. The lowest BCUT2D eigenvalue weighted by atomic mass is 9.95. The van der Waals surface area contributed by atoms with Crippen LogP contribution in [0.3, 0.4) is 0 Å². The number of Topliss-reactive ketones (excluding diaryl/α,β-unsaturated/α-hetero) is 1. The lowest BCUT2D eigenvalue weighted by Gasteiger charge is -2.23. The van der Waals surface area contributed by atoms with Crippen molar-refractivity contribution < 1.29 is 19.4 Å². The van der Waals surface area contributed by atoms with E-state index in [0.717, 1.165) is 25.8 Å².